The lowest BCUT2D eigenvalue weighted by molar-refractivity contribution is -0.402. The van der Waals surface area contributed by atoms with Crippen LogP contribution in [0.2, 0.25) is 0 Å². The number of nitro groups is 1. The van der Waals surface area contributed by atoms with Crippen molar-refractivity contribution >= 4 is 66.3 Å². The van der Waals surface area contributed by atoms with Crippen LogP contribution in [0, 0.1) is 10.1 Å². The standard InChI is InChI=1S/C21H16BrN5O4S/c1-25(2)15-6-3-13(4-7-15)20(28)26(23-12-16-8-10-19(31-16)27(29)30)21-24-17-9-5-14(22)11-18(17)32-21/h3-12H,1-2H3/b23-12+. The summed E-state index contributed by atoms with van der Waals surface area (Å²) in [6.45, 7) is 0. The Hall–Kier alpha value is -3.57. The zero-order valence-corrected chi connectivity index (χ0v) is 19.3. The first-order chi connectivity index (χ1) is 15.3. The molecule has 0 N–H and O–H groups in total. The number of hydrogen-bond donors (Lipinski definition) is 0. The van der Waals surface area contributed by atoms with E-state index in [-0.39, 0.29) is 5.76 Å². The van der Waals surface area contributed by atoms with Crippen molar-refractivity contribution in [1.29, 1.82) is 0 Å². The molecule has 0 aliphatic carbocycles. The van der Waals surface area contributed by atoms with Crippen LogP contribution in [0.4, 0.5) is 16.7 Å². The summed E-state index contributed by atoms with van der Waals surface area (Å²) in [4.78, 5) is 30.0. The number of benzene rings is 2. The number of hydrogen-bond acceptors (Lipinski definition) is 8. The van der Waals surface area contributed by atoms with E-state index >= 15 is 0 Å². The van der Waals surface area contributed by atoms with Crippen LogP contribution in [-0.4, -0.2) is 36.1 Å². The van der Waals surface area contributed by atoms with Crippen molar-refractivity contribution in [1.82, 2.24) is 4.98 Å². The maximum absolute atomic E-state index is 13.3. The molecule has 0 radical (unpaired) electrons. The van der Waals surface area contributed by atoms with Crippen LogP contribution in [0.5, 0.6) is 0 Å². The molecule has 0 aliphatic rings. The molecule has 9 nitrogen and oxygen atoms in total. The molecule has 0 aliphatic heterocycles. The second-order valence-corrected chi connectivity index (χ2v) is 8.77. The van der Waals surface area contributed by atoms with E-state index in [1.165, 1.54) is 29.7 Å². The molecule has 32 heavy (non-hydrogen) atoms. The number of nitrogens with zero attached hydrogens (tertiary/aromatic N) is 5. The van der Waals surface area contributed by atoms with E-state index in [0.717, 1.165) is 25.4 Å². The van der Waals surface area contributed by atoms with Gasteiger partial charge in [-0.2, -0.15) is 10.1 Å². The summed E-state index contributed by atoms with van der Waals surface area (Å²) in [5, 5.41) is 16.6. The molecule has 1 amide bonds. The number of furan rings is 1. The van der Waals surface area contributed by atoms with Gasteiger partial charge in [-0.15, -0.1) is 0 Å². The zero-order chi connectivity index (χ0) is 22.8. The third-order valence-corrected chi connectivity index (χ3v) is 5.92. The minimum atomic E-state index is -0.641. The van der Waals surface area contributed by atoms with Gasteiger partial charge in [0.05, 0.1) is 22.5 Å². The normalized spacial score (nSPS) is 11.2. The lowest BCUT2D eigenvalue weighted by Gasteiger charge is -2.15. The first-order valence-corrected chi connectivity index (χ1v) is 10.9. The highest BCUT2D eigenvalue weighted by Crippen LogP contribution is 2.32. The van der Waals surface area contributed by atoms with Gasteiger partial charge in [0.25, 0.3) is 5.91 Å². The van der Waals surface area contributed by atoms with Crippen molar-refractivity contribution < 1.29 is 14.1 Å². The molecule has 0 atom stereocenters. The van der Waals surface area contributed by atoms with Crippen molar-refractivity contribution in [2.75, 3.05) is 24.0 Å². The third kappa shape index (κ3) is 4.53. The molecule has 2 aromatic heterocycles. The zero-order valence-electron chi connectivity index (χ0n) is 16.9. The summed E-state index contributed by atoms with van der Waals surface area (Å²) in [6, 6.07) is 15.3. The van der Waals surface area contributed by atoms with Crippen LogP contribution < -0.4 is 9.91 Å². The van der Waals surface area contributed by atoms with E-state index < -0.39 is 16.7 Å². The fourth-order valence-electron chi connectivity index (χ4n) is 2.81. The maximum Gasteiger partial charge on any atom is 0.433 e. The number of halogens is 1. The average molecular weight is 514 g/mol. The Labute approximate surface area is 194 Å². The largest absolute Gasteiger partial charge is 0.433 e. The van der Waals surface area contributed by atoms with E-state index in [1.807, 2.05) is 49.3 Å². The van der Waals surface area contributed by atoms with Crippen LogP contribution in [-0.2, 0) is 0 Å². The smallest absolute Gasteiger partial charge is 0.400 e. The maximum atomic E-state index is 13.3. The summed E-state index contributed by atoms with van der Waals surface area (Å²) in [7, 11) is 3.82. The van der Waals surface area contributed by atoms with Crippen LogP contribution in [0.15, 0.2) is 68.6 Å². The topological polar surface area (TPSA) is 105 Å². The van der Waals surface area contributed by atoms with Crippen molar-refractivity contribution in [2.24, 2.45) is 5.10 Å². The molecule has 0 bridgehead atoms. The minimum absolute atomic E-state index is 0.140. The van der Waals surface area contributed by atoms with Gasteiger partial charge in [0, 0.05) is 29.8 Å². The molecule has 4 rings (SSSR count). The number of hydrazone groups is 1. The van der Waals surface area contributed by atoms with Gasteiger partial charge in [0.15, 0.2) is 5.76 Å². The summed E-state index contributed by atoms with van der Waals surface area (Å²) in [5.74, 6) is -0.666. The number of rotatable bonds is 6. The summed E-state index contributed by atoms with van der Waals surface area (Å²) < 4.78 is 6.88. The highest BCUT2D eigenvalue weighted by atomic mass is 79.9. The Morgan fingerprint density at radius 1 is 1.19 bits per heavy atom. The third-order valence-electron chi connectivity index (χ3n) is 4.44. The van der Waals surface area contributed by atoms with Crippen LogP contribution >= 0.6 is 27.3 Å². The summed E-state index contributed by atoms with van der Waals surface area (Å²) >= 11 is 4.73. The predicted molar refractivity (Wildman–Crippen MR) is 128 cm³/mol. The van der Waals surface area contributed by atoms with E-state index in [0.29, 0.717) is 10.7 Å². The molecule has 162 valence electrons. The van der Waals surface area contributed by atoms with Crippen LogP contribution in [0.25, 0.3) is 10.2 Å². The molecule has 0 fully saturated rings. The van der Waals surface area contributed by atoms with Crippen molar-refractivity contribution in [3.8, 4) is 0 Å². The van der Waals surface area contributed by atoms with Gasteiger partial charge >= 0.3 is 5.88 Å². The molecule has 2 heterocycles. The molecule has 0 unspecified atom stereocenters. The van der Waals surface area contributed by atoms with Gasteiger partial charge in [0.1, 0.15) is 4.92 Å². The molecule has 0 spiro atoms. The molecular weight excluding hydrogens is 498 g/mol. The summed E-state index contributed by atoms with van der Waals surface area (Å²) in [5.41, 5.74) is 2.08. The fraction of sp³-hybridized carbons (Fsp3) is 0.0952. The van der Waals surface area contributed by atoms with E-state index in [2.05, 4.69) is 26.0 Å². The number of thiazole rings is 1. The van der Waals surface area contributed by atoms with E-state index in [1.54, 1.807) is 12.1 Å². The van der Waals surface area contributed by atoms with Crippen LogP contribution in [0.1, 0.15) is 16.1 Å². The van der Waals surface area contributed by atoms with Gasteiger partial charge < -0.3 is 9.32 Å². The van der Waals surface area contributed by atoms with Crippen LogP contribution in [0.3, 0.4) is 0 Å². The Morgan fingerprint density at radius 2 is 1.94 bits per heavy atom. The summed E-state index contributed by atoms with van der Waals surface area (Å²) in [6.07, 6.45) is 1.25. The average Bonchev–Trinajstić information content (AvgIpc) is 3.40. The minimum Gasteiger partial charge on any atom is -0.400 e. The number of carbonyl (C=O) groups excluding carboxylic acids is 1. The van der Waals surface area contributed by atoms with Gasteiger partial charge in [-0.05, 0) is 48.5 Å². The molecule has 4 aromatic rings. The first-order valence-electron chi connectivity index (χ1n) is 9.28. The second-order valence-electron chi connectivity index (χ2n) is 6.84. The highest BCUT2D eigenvalue weighted by molar-refractivity contribution is 9.10. The second kappa shape index (κ2) is 8.89. The number of amides is 1. The lowest BCUT2D eigenvalue weighted by atomic mass is 10.2. The van der Waals surface area contributed by atoms with Gasteiger partial charge in [0.2, 0.25) is 5.13 Å². The van der Waals surface area contributed by atoms with E-state index in [9.17, 15) is 14.9 Å². The fourth-order valence-corrected chi connectivity index (χ4v) is 4.29. The Bertz CT molecular complexity index is 1330. The highest BCUT2D eigenvalue weighted by Gasteiger charge is 2.22. The molecule has 0 saturated heterocycles. The van der Waals surface area contributed by atoms with Crippen molar-refractivity contribution in [3.63, 3.8) is 0 Å². The molecule has 0 saturated carbocycles. The quantitative estimate of drug-likeness (QED) is 0.196. The number of carbonyl (C=O) groups is 1. The number of aromatic nitrogens is 1. The Morgan fingerprint density at radius 3 is 2.59 bits per heavy atom. The predicted octanol–water partition coefficient (Wildman–Crippen LogP) is 5.31. The molecule has 2 aromatic carbocycles. The van der Waals surface area contributed by atoms with Gasteiger partial charge in [-0.25, -0.2) is 4.98 Å². The lowest BCUT2D eigenvalue weighted by Crippen LogP contribution is -2.25. The molecular formula is C21H16BrN5O4S. The first kappa shape index (κ1) is 21.7. The number of fused-ring (bicyclic) bond motifs is 1. The Kier molecular flexibility index (Phi) is 6.01. The van der Waals surface area contributed by atoms with Crippen molar-refractivity contribution in [3.05, 3.63) is 80.5 Å². The monoisotopic (exact) mass is 513 g/mol. The molecule has 11 heteroatoms. The number of anilines is 2. The van der Waals surface area contributed by atoms with Gasteiger partial charge in [-0.3, -0.25) is 14.9 Å². The Balaban J connectivity index is 1.72. The SMILES string of the molecule is CN(C)c1ccc(C(=O)N(/N=C/c2ccc([N+](=O)[O-])o2)c2nc3ccc(Br)cc3s2)cc1. The van der Waals surface area contributed by atoms with Gasteiger partial charge in [-0.1, -0.05) is 27.3 Å². The van der Waals surface area contributed by atoms with E-state index in [4.69, 9.17) is 4.42 Å². The van der Waals surface area contributed by atoms with Crippen molar-refractivity contribution in [2.45, 2.75) is 0 Å².